The first-order valence-corrected chi connectivity index (χ1v) is 4.60. The molecule has 2 rings (SSSR count). The lowest BCUT2D eigenvalue weighted by atomic mass is 10.1. The molecule has 1 unspecified atom stereocenters. The molecule has 1 atom stereocenters. The molecule has 1 heterocycles. The molecule has 0 aliphatic carbocycles. The number of primary amides is 1. The molecule has 0 saturated carbocycles. The topological polar surface area (TPSA) is 87.6 Å². The molecular formula is C10H12N2O3. The number of benzene rings is 1. The van der Waals surface area contributed by atoms with Crippen LogP contribution in [0.15, 0.2) is 18.2 Å². The Morgan fingerprint density at radius 3 is 3.13 bits per heavy atom. The van der Waals surface area contributed by atoms with Gasteiger partial charge in [0.2, 0.25) is 0 Å². The lowest BCUT2D eigenvalue weighted by molar-refractivity contribution is -0.119. The second-order valence-electron chi connectivity index (χ2n) is 3.37. The van der Waals surface area contributed by atoms with Crippen LogP contribution >= 0.6 is 0 Å². The van der Waals surface area contributed by atoms with E-state index in [0.29, 0.717) is 18.1 Å². The molecule has 1 amide bonds. The van der Waals surface area contributed by atoms with Gasteiger partial charge >= 0.3 is 0 Å². The molecular weight excluding hydrogens is 196 g/mol. The van der Waals surface area contributed by atoms with Crippen LogP contribution in [0, 0.1) is 0 Å². The quantitative estimate of drug-likeness (QED) is 0.728. The van der Waals surface area contributed by atoms with Crippen LogP contribution in [0.5, 0.6) is 11.5 Å². The third-order valence-corrected chi connectivity index (χ3v) is 2.18. The van der Waals surface area contributed by atoms with E-state index in [-0.39, 0.29) is 12.6 Å². The summed E-state index contributed by atoms with van der Waals surface area (Å²) in [5, 5.41) is 0. The zero-order chi connectivity index (χ0) is 10.8. The van der Waals surface area contributed by atoms with Crippen molar-refractivity contribution in [3.63, 3.8) is 0 Å². The zero-order valence-corrected chi connectivity index (χ0v) is 8.10. The van der Waals surface area contributed by atoms with E-state index >= 15 is 0 Å². The Morgan fingerprint density at radius 2 is 2.40 bits per heavy atom. The summed E-state index contributed by atoms with van der Waals surface area (Å²) >= 11 is 0. The highest BCUT2D eigenvalue weighted by atomic mass is 16.5. The minimum absolute atomic E-state index is 0.0785. The van der Waals surface area contributed by atoms with Crippen molar-refractivity contribution in [3.8, 4) is 11.5 Å². The lowest BCUT2D eigenvalue weighted by Gasteiger charge is -2.05. The SMILES string of the molecule is NC(=O)COc1ccc2c(c1)OCC2N. The summed E-state index contributed by atoms with van der Waals surface area (Å²) in [6.45, 7) is 0.347. The fraction of sp³-hybridized carbons (Fsp3) is 0.300. The standard InChI is InChI=1S/C10H12N2O3/c11-8-4-15-9-3-6(1-2-7(8)9)14-5-10(12)13/h1-3,8H,4-5,11H2,(H2,12,13). The Balaban J connectivity index is 2.12. The van der Waals surface area contributed by atoms with Gasteiger partial charge in [0.1, 0.15) is 18.1 Å². The van der Waals surface area contributed by atoms with E-state index in [1.165, 1.54) is 0 Å². The minimum atomic E-state index is -0.506. The van der Waals surface area contributed by atoms with Gasteiger partial charge in [0.25, 0.3) is 5.91 Å². The Bertz CT molecular complexity index is 392. The molecule has 15 heavy (non-hydrogen) atoms. The smallest absolute Gasteiger partial charge is 0.255 e. The van der Waals surface area contributed by atoms with Crippen molar-refractivity contribution in [1.29, 1.82) is 0 Å². The van der Waals surface area contributed by atoms with E-state index in [9.17, 15) is 4.79 Å². The van der Waals surface area contributed by atoms with Gasteiger partial charge in [-0.15, -0.1) is 0 Å². The Labute approximate surface area is 87.0 Å². The molecule has 1 aromatic rings. The molecule has 1 aromatic carbocycles. The maximum Gasteiger partial charge on any atom is 0.255 e. The summed E-state index contributed by atoms with van der Waals surface area (Å²) in [6, 6.07) is 5.22. The predicted molar refractivity (Wildman–Crippen MR) is 53.6 cm³/mol. The summed E-state index contributed by atoms with van der Waals surface area (Å²) in [7, 11) is 0. The summed E-state index contributed by atoms with van der Waals surface area (Å²) in [6.07, 6.45) is 0. The van der Waals surface area contributed by atoms with Gasteiger partial charge in [-0.3, -0.25) is 4.79 Å². The van der Waals surface area contributed by atoms with Crippen molar-refractivity contribution in [1.82, 2.24) is 0 Å². The van der Waals surface area contributed by atoms with Crippen molar-refractivity contribution in [2.45, 2.75) is 6.04 Å². The van der Waals surface area contributed by atoms with E-state index in [0.717, 1.165) is 5.56 Å². The van der Waals surface area contributed by atoms with Crippen LogP contribution in [-0.2, 0) is 4.79 Å². The molecule has 5 nitrogen and oxygen atoms in total. The first kappa shape index (κ1) is 9.79. The van der Waals surface area contributed by atoms with Crippen LogP contribution in [0.1, 0.15) is 11.6 Å². The molecule has 0 saturated heterocycles. The average Bonchev–Trinajstić information content (AvgIpc) is 2.57. The molecule has 80 valence electrons. The van der Waals surface area contributed by atoms with E-state index in [1.54, 1.807) is 12.1 Å². The molecule has 4 N–H and O–H groups in total. The number of nitrogens with two attached hydrogens (primary N) is 2. The Kier molecular flexibility index (Phi) is 2.47. The van der Waals surface area contributed by atoms with E-state index in [4.69, 9.17) is 20.9 Å². The zero-order valence-electron chi connectivity index (χ0n) is 8.10. The summed E-state index contributed by atoms with van der Waals surface area (Å²) in [5.41, 5.74) is 11.7. The summed E-state index contributed by atoms with van der Waals surface area (Å²) in [5.74, 6) is 0.763. The van der Waals surface area contributed by atoms with Crippen LogP contribution in [0.4, 0.5) is 0 Å². The second-order valence-corrected chi connectivity index (χ2v) is 3.37. The molecule has 1 aliphatic heterocycles. The van der Waals surface area contributed by atoms with Gasteiger partial charge in [-0.2, -0.15) is 0 Å². The molecule has 0 radical (unpaired) electrons. The summed E-state index contributed by atoms with van der Waals surface area (Å²) in [4.78, 5) is 10.5. The highest BCUT2D eigenvalue weighted by Crippen LogP contribution is 2.33. The fourth-order valence-electron chi connectivity index (χ4n) is 1.46. The number of carbonyl (C=O) groups excluding carboxylic acids is 1. The maximum absolute atomic E-state index is 10.5. The van der Waals surface area contributed by atoms with Crippen molar-refractivity contribution in [3.05, 3.63) is 23.8 Å². The van der Waals surface area contributed by atoms with Crippen molar-refractivity contribution < 1.29 is 14.3 Å². The maximum atomic E-state index is 10.5. The van der Waals surface area contributed by atoms with Gasteiger partial charge in [0.05, 0.1) is 6.04 Å². The van der Waals surface area contributed by atoms with Crippen LogP contribution < -0.4 is 20.9 Å². The number of rotatable bonds is 3. The first-order chi connectivity index (χ1) is 7.16. The number of carbonyl (C=O) groups is 1. The molecule has 0 aromatic heterocycles. The number of fused-ring (bicyclic) bond motifs is 1. The second kappa shape index (κ2) is 3.78. The molecule has 5 heteroatoms. The largest absolute Gasteiger partial charge is 0.491 e. The minimum Gasteiger partial charge on any atom is -0.491 e. The van der Waals surface area contributed by atoms with Crippen LogP contribution in [0.3, 0.4) is 0 Å². The monoisotopic (exact) mass is 208 g/mol. The van der Waals surface area contributed by atoms with Gasteiger partial charge in [-0.1, -0.05) is 0 Å². The molecule has 1 aliphatic rings. The van der Waals surface area contributed by atoms with Crippen molar-refractivity contribution >= 4 is 5.91 Å². The van der Waals surface area contributed by atoms with Crippen LogP contribution in [0.25, 0.3) is 0 Å². The molecule has 0 spiro atoms. The third kappa shape index (κ3) is 2.02. The number of ether oxygens (including phenoxy) is 2. The number of hydrogen-bond donors (Lipinski definition) is 2. The average molecular weight is 208 g/mol. The van der Waals surface area contributed by atoms with Gasteiger partial charge in [-0.25, -0.2) is 0 Å². The van der Waals surface area contributed by atoms with Crippen molar-refractivity contribution in [2.75, 3.05) is 13.2 Å². The Morgan fingerprint density at radius 1 is 1.60 bits per heavy atom. The van der Waals surface area contributed by atoms with Gasteiger partial charge in [-0.05, 0) is 12.1 Å². The third-order valence-electron chi connectivity index (χ3n) is 2.18. The lowest BCUT2D eigenvalue weighted by Crippen LogP contribution is -2.20. The van der Waals surface area contributed by atoms with Crippen LogP contribution in [0.2, 0.25) is 0 Å². The van der Waals surface area contributed by atoms with Gasteiger partial charge in [0, 0.05) is 11.6 Å². The fourth-order valence-corrected chi connectivity index (χ4v) is 1.46. The molecule has 0 bridgehead atoms. The van der Waals surface area contributed by atoms with Crippen LogP contribution in [-0.4, -0.2) is 19.1 Å². The van der Waals surface area contributed by atoms with Gasteiger partial charge in [0.15, 0.2) is 6.61 Å². The highest BCUT2D eigenvalue weighted by Gasteiger charge is 2.20. The predicted octanol–water partition coefficient (Wildman–Crippen LogP) is -0.0571. The first-order valence-electron chi connectivity index (χ1n) is 4.60. The van der Waals surface area contributed by atoms with Crippen molar-refractivity contribution in [2.24, 2.45) is 11.5 Å². The van der Waals surface area contributed by atoms with E-state index < -0.39 is 5.91 Å². The Hall–Kier alpha value is -1.75. The van der Waals surface area contributed by atoms with E-state index in [2.05, 4.69) is 0 Å². The number of hydrogen-bond acceptors (Lipinski definition) is 4. The highest BCUT2D eigenvalue weighted by molar-refractivity contribution is 5.75. The normalized spacial score (nSPS) is 18.1. The number of amides is 1. The van der Waals surface area contributed by atoms with E-state index in [1.807, 2.05) is 6.07 Å². The summed E-state index contributed by atoms with van der Waals surface area (Å²) < 4.78 is 10.5. The van der Waals surface area contributed by atoms with Gasteiger partial charge < -0.3 is 20.9 Å². The molecule has 0 fully saturated rings.